The van der Waals surface area contributed by atoms with E-state index in [1.165, 1.54) is 13.5 Å². The van der Waals surface area contributed by atoms with Gasteiger partial charge in [0.25, 0.3) is 0 Å². The number of methoxy groups -OCH3 is 1. The predicted octanol–water partition coefficient (Wildman–Crippen LogP) is 3.05. The highest BCUT2D eigenvalue weighted by Gasteiger charge is 2.42. The van der Waals surface area contributed by atoms with Crippen molar-refractivity contribution in [1.29, 1.82) is 0 Å². The summed E-state index contributed by atoms with van der Waals surface area (Å²) in [6.45, 7) is 4.87. The van der Waals surface area contributed by atoms with Crippen LogP contribution in [0.1, 0.15) is 49.9 Å². The number of hydrogen-bond acceptors (Lipinski definition) is 5. The Kier molecular flexibility index (Phi) is 5.82. The smallest absolute Gasteiger partial charge is 0.337 e. The molecule has 2 fully saturated rings. The lowest BCUT2D eigenvalue weighted by Gasteiger charge is -2.39. The van der Waals surface area contributed by atoms with Crippen molar-refractivity contribution < 1.29 is 23.9 Å². The Bertz CT molecular complexity index is 714. The lowest BCUT2D eigenvalue weighted by atomic mass is 9.77. The molecule has 146 valence electrons. The first-order valence-electron chi connectivity index (χ1n) is 9.60. The molecule has 1 heterocycles. The molecule has 0 bridgehead atoms. The third-order valence-electron chi connectivity index (χ3n) is 6.05. The van der Waals surface area contributed by atoms with Gasteiger partial charge in [0.1, 0.15) is 5.75 Å². The average molecular weight is 373 g/mol. The SMILES string of the molecule is COC(=O)c1ccc(OC(=O)[C@@H]2CC(=O)N([C@@H]3CCC[C@@H](C)[C@H]3C)C2)cc1. The van der Waals surface area contributed by atoms with E-state index < -0.39 is 17.9 Å². The monoisotopic (exact) mass is 373 g/mol. The van der Waals surface area contributed by atoms with Gasteiger partial charge in [0.15, 0.2) is 0 Å². The molecule has 1 aromatic carbocycles. The Morgan fingerprint density at radius 1 is 1.11 bits per heavy atom. The first kappa shape index (κ1) is 19.4. The van der Waals surface area contributed by atoms with Crippen LogP contribution in [0.25, 0.3) is 0 Å². The van der Waals surface area contributed by atoms with Gasteiger partial charge in [0, 0.05) is 19.0 Å². The summed E-state index contributed by atoms with van der Waals surface area (Å²) in [7, 11) is 1.31. The number of ether oxygens (including phenoxy) is 2. The van der Waals surface area contributed by atoms with Crippen LogP contribution in [0.5, 0.6) is 5.75 Å². The van der Waals surface area contributed by atoms with E-state index in [0.717, 1.165) is 12.8 Å². The van der Waals surface area contributed by atoms with Crippen molar-refractivity contribution in [2.75, 3.05) is 13.7 Å². The molecule has 0 spiro atoms. The standard InChI is InChI=1S/C21H27NO5/c1-13-5-4-6-18(14(13)2)22-12-16(11-19(22)23)21(25)27-17-9-7-15(8-10-17)20(24)26-3/h7-10,13-14,16,18H,4-6,11-12H2,1-3H3/t13-,14-,16-,18-/m1/s1. The maximum atomic E-state index is 12.5. The highest BCUT2D eigenvalue weighted by molar-refractivity contribution is 5.90. The third kappa shape index (κ3) is 4.15. The summed E-state index contributed by atoms with van der Waals surface area (Å²) in [5, 5.41) is 0. The fourth-order valence-electron chi connectivity index (χ4n) is 4.18. The van der Waals surface area contributed by atoms with Crippen molar-refractivity contribution in [3.63, 3.8) is 0 Å². The van der Waals surface area contributed by atoms with Gasteiger partial charge in [0.05, 0.1) is 18.6 Å². The summed E-state index contributed by atoms with van der Waals surface area (Å²) in [6, 6.07) is 6.43. The van der Waals surface area contributed by atoms with E-state index in [2.05, 4.69) is 18.6 Å². The highest BCUT2D eigenvalue weighted by Crippen LogP contribution is 2.36. The van der Waals surface area contributed by atoms with Crippen LogP contribution in [0.3, 0.4) is 0 Å². The summed E-state index contributed by atoms with van der Waals surface area (Å²) in [5.41, 5.74) is 0.389. The second kappa shape index (κ2) is 8.11. The molecule has 1 amide bonds. The van der Waals surface area contributed by atoms with Gasteiger partial charge in [-0.25, -0.2) is 4.79 Å². The van der Waals surface area contributed by atoms with Gasteiger partial charge in [0.2, 0.25) is 5.91 Å². The van der Waals surface area contributed by atoms with Crippen LogP contribution < -0.4 is 4.74 Å². The second-order valence-electron chi connectivity index (χ2n) is 7.72. The third-order valence-corrected chi connectivity index (χ3v) is 6.05. The van der Waals surface area contributed by atoms with Gasteiger partial charge in [-0.1, -0.05) is 26.7 Å². The van der Waals surface area contributed by atoms with E-state index in [9.17, 15) is 14.4 Å². The Balaban J connectivity index is 1.61. The van der Waals surface area contributed by atoms with Crippen LogP contribution in [0.2, 0.25) is 0 Å². The average Bonchev–Trinajstić information content (AvgIpc) is 3.05. The Labute approximate surface area is 159 Å². The minimum Gasteiger partial charge on any atom is -0.465 e. The van der Waals surface area contributed by atoms with Gasteiger partial charge in [-0.2, -0.15) is 0 Å². The maximum absolute atomic E-state index is 12.5. The maximum Gasteiger partial charge on any atom is 0.337 e. The Hall–Kier alpha value is -2.37. The number of hydrogen-bond donors (Lipinski definition) is 0. The number of rotatable bonds is 4. The van der Waals surface area contributed by atoms with Crippen molar-refractivity contribution in [2.24, 2.45) is 17.8 Å². The number of nitrogens with zero attached hydrogens (tertiary/aromatic N) is 1. The molecule has 4 atom stereocenters. The van der Waals surface area contributed by atoms with Crippen molar-refractivity contribution in [2.45, 2.75) is 45.6 Å². The van der Waals surface area contributed by atoms with Gasteiger partial charge in [-0.05, 0) is 42.5 Å². The fraction of sp³-hybridized carbons (Fsp3) is 0.571. The van der Waals surface area contributed by atoms with Crippen LogP contribution in [0.4, 0.5) is 0 Å². The van der Waals surface area contributed by atoms with E-state index in [1.54, 1.807) is 24.3 Å². The van der Waals surface area contributed by atoms with Crippen molar-refractivity contribution in [3.8, 4) is 5.75 Å². The molecule has 1 saturated carbocycles. The van der Waals surface area contributed by atoms with Crippen LogP contribution in [-0.2, 0) is 14.3 Å². The predicted molar refractivity (Wildman–Crippen MR) is 99.2 cm³/mol. The van der Waals surface area contributed by atoms with E-state index >= 15 is 0 Å². The first-order chi connectivity index (χ1) is 12.9. The lowest BCUT2D eigenvalue weighted by molar-refractivity contribution is -0.139. The molecule has 0 aromatic heterocycles. The van der Waals surface area contributed by atoms with Crippen molar-refractivity contribution in [3.05, 3.63) is 29.8 Å². The summed E-state index contributed by atoms with van der Waals surface area (Å²) < 4.78 is 10.1. The number of carbonyl (C=O) groups is 3. The minimum atomic E-state index is -0.444. The van der Waals surface area contributed by atoms with Crippen LogP contribution >= 0.6 is 0 Å². The zero-order valence-electron chi connectivity index (χ0n) is 16.1. The van der Waals surface area contributed by atoms with Crippen molar-refractivity contribution >= 4 is 17.8 Å². The molecule has 0 unspecified atom stereocenters. The highest BCUT2D eigenvalue weighted by atomic mass is 16.5. The summed E-state index contributed by atoms with van der Waals surface area (Å²) >= 11 is 0. The molecule has 1 aromatic rings. The molecule has 2 aliphatic rings. The number of esters is 2. The molecule has 6 nitrogen and oxygen atoms in total. The van der Waals surface area contributed by atoms with E-state index in [-0.39, 0.29) is 18.4 Å². The second-order valence-corrected chi connectivity index (χ2v) is 7.72. The molecule has 1 saturated heterocycles. The fourth-order valence-corrected chi connectivity index (χ4v) is 4.18. The molecule has 6 heteroatoms. The zero-order valence-corrected chi connectivity index (χ0v) is 16.1. The molecule has 1 aliphatic carbocycles. The molecule has 0 radical (unpaired) electrons. The molecule has 3 rings (SSSR count). The van der Waals surface area contributed by atoms with E-state index in [4.69, 9.17) is 4.74 Å². The van der Waals surface area contributed by atoms with E-state index in [0.29, 0.717) is 29.7 Å². The summed E-state index contributed by atoms with van der Waals surface area (Å²) in [4.78, 5) is 38.4. The largest absolute Gasteiger partial charge is 0.465 e. The first-order valence-corrected chi connectivity index (χ1v) is 9.60. The van der Waals surface area contributed by atoms with Gasteiger partial charge < -0.3 is 14.4 Å². The number of carbonyl (C=O) groups excluding carboxylic acids is 3. The quantitative estimate of drug-likeness (QED) is 0.599. The molecule has 1 aliphatic heterocycles. The normalized spacial score (nSPS) is 28.1. The molecular formula is C21H27NO5. The Morgan fingerprint density at radius 2 is 1.81 bits per heavy atom. The number of amides is 1. The van der Waals surface area contributed by atoms with Gasteiger partial charge >= 0.3 is 11.9 Å². The molecule has 27 heavy (non-hydrogen) atoms. The topological polar surface area (TPSA) is 72.9 Å². The summed E-state index contributed by atoms with van der Waals surface area (Å²) in [5.74, 6) is 0.164. The van der Waals surface area contributed by atoms with E-state index in [1.807, 2.05) is 4.90 Å². The molecular weight excluding hydrogens is 346 g/mol. The number of benzene rings is 1. The van der Waals surface area contributed by atoms with Crippen LogP contribution in [-0.4, -0.2) is 42.4 Å². The van der Waals surface area contributed by atoms with Crippen LogP contribution in [0.15, 0.2) is 24.3 Å². The Morgan fingerprint density at radius 3 is 2.48 bits per heavy atom. The van der Waals surface area contributed by atoms with Gasteiger partial charge in [-0.15, -0.1) is 0 Å². The number of likely N-dealkylation sites (tertiary alicyclic amines) is 1. The minimum absolute atomic E-state index is 0.0453. The van der Waals surface area contributed by atoms with Crippen molar-refractivity contribution in [1.82, 2.24) is 4.90 Å². The van der Waals surface area contributed by atoms with Crippen LogP contribution in [0, 0.1) is 17.8 Å². The summed E-state index contributed by atoms with van der Waals surface area (Å²) in [6.07, 6.45) is 3.54. The lowest BCUT2D eigenvalue weighted by Crippen LogP contribution is -2.45. The van der Waals surface area contributed by atoms with Gasteiger partial charge in [-0.3, -0.25) is 9.59 Å². The zero-order chi connectivity index (χ0) is 19.6. The molecule has 0 N–H and O–H groups in total.